The van der Waals surface area contributed by atoms with Gasteiger partial charge in [-0.15, -0.1) is 0 Å². The number of carbonyl (C=O) groups is 2. The molecule has 1 fully saturated rings. The van der Waals surface area contributed by atoms with Gasteiger partial charge in [0.05, 0.1) is 11.6 Å². The van der Waals surface area contributed by atoms with E-state index < -0.39 is 17.7 Å². The summed E-state index contributed by atoms with van der Waals surface area (Å²) in [7, 11) is 0. The molecule has 0 bridgehead atoms. The van der Waals surface area contributed by atoms with Crippen LogP contribution in [-0.2, 0) is 21.4 Å². The van der Waals surface area contributed by atoms with Gasteiger partial charge in [-0.1, -0.05) is 58.9 Å². The van der Waals surface area contributed by atoms with Crippen LogP contribution in [0.5, 0.6) is 5.75 Å². The summed E-state index contributed by atoms with van der Waals surface area (Å²) in [5.74, 6) is -0.508. The molecule has 1 saturated heterocycles. The third-order valence-corrected chi connectivity index (χ3v) is 7.57. The van der Waals surface area contributed by atoms with Gasteiger partial charge < -0.3 is 19.6 Å². The van der Waals surface area contributed by atoms with Gasteiger partial charge in [0.2, 0.25) is 0 Å². The lowest BCUT2D eigenvalue weighted by atomic mass is 9.85. The van der Waals surface area contributed by atoms with E-state index in [4.69, 9.17) is 4.74 Å². The summed E-state index contributed by atoms with van der Waals surface area (Å²) >= 11 is 0. The molecule has 2 aromatic carbocycles. The molecule has 6 heteroatoms. The van der Waals surface area contributed by atoms with Crippen molar-refractivity contribution in [1.29, 1.82) is 0 Å². The predicted molar refractivity (Wildman–Crippen MR) is 147 cm³/mol. The molecule has 1 amide bonds. The zero-order valence-corrected chi connectivity index (χ0v) is 23.0. The van der Waals surface area contributed by atoms with Crippen LogP contribution in [0.25, 0.3) is 5.76 Å². The molecule has 1 N–H and O–H groups in total. The molecule has 0 aliphatic carbocycles. The average Bonchev–Trinajstić information content (AvgIpc) is 3.36. The van der Waals surface area contributed by atoms with Gasteiger partial charge in [0, 0.05) is 18.5 Å². The fourth-order valence-electron chi connectivity index (χ4n) is 5.35. The first-order valence-electron chi connectivity index (χ1n) is 13.5. The minimum atomic E-state index is -0.630. The molecule has 198 valence electrons. The maximum absolute atomic E-state index is 13.4. The van der Waals surface area contributed by atoms with E-state index in [0.717, 1.165) is 49.4 Å². The van der Waals surface area contributed by atoms with Gasteiger partial charge in [0.25, 0.3) is 11.7 Å². The van der Waals surface area contributed by atoms with Crippen molar-refractivity contribution < 1.29 is 19.4 Å². The first-order valence-corrected chi connectivity index (χ1v) is 13.5. The molecule has 0 saturated carbocycles. The summed E-state index contributed by atoms with van der Waals surface area (Å²) in [5, 5.41) is 11.5. The summed E-state index contributed by atoms with van der Waals surface area (Å²) in [6, 6.07) is 12.9. The van der Waals surface area contributed by atoms with E-state index in [1.54, 1.807) is 11.0 Å². The van der Waals surface area contributed by atoms with E-state index in [-0.39, 0.29) is 22.9 Å². The Morgan fingerprint density at radius 1 is 1.08 bits per heavy atom. The molecule has 0 radical (unpaired) electrons. The van der Waals surface area contributed by atoms with Crippen molar-refractivity contribution >= 4 is 17.4 Å². The van der Waals surface area contributed by atoms with Crippen LogP contribution in [0.4, 0.5) is 0 Å². The minimum absolute atomic E-state index is 0.0201. The maximum Gasteiger partial charge on any atom is 0.295 e. The molecule has 0 spiro atoms. The molecule has 37 heavy (non-hydrogen) atoms. The lowest BCUT2D eigenvalue weighted by Gasteiger charge is -2.27. The van der Waals surface area contributed by atoms with Gasteiger partial charge in [-0.2, -0.15) is 0 Å². The number of ketones is 1. The number of Topliss-reactive ketones (excluding diaryl/α,β-unsaturated/α-hetero) is 1. The normalized spacial score (nSPS) is 21.0. The highest BCUT2D eigenvalue weighted by Gasteiger charge is 2.46. The SMILES string of the molecule is CCN(CC)CCCN1C(=O)C(=O)/C(=C(/O)c2ccc3c(c2)C[C@H](C)O3)[C@@H]1c1ccc(C(C)(C)C)cc1. The molecule has 2 aliphatic heterocycles. The van der Waals surface area contributed by atoms with E-state index in [1.807, 2.05) is 31.2 Å². The second kappa shape index (κ2) is 10.7. The van der Waals surface area contributed by atoms with Crippen molar-refractivity contribution in [2.75, 3.05) is 26.2 Å². The van der Waals surface area contributed by atoms with E-state index in [1.165, 1.54) is 5.56 Å². The molecular weight excluding hydrogens is 464 g/mol. The van der Waals surface area contributed by atoms with Crippen LogP contribution < -0.4 is 4.74 Å². The second-order valence-electron chi connectivity index (χ2n) is 11.2. The Morgan fingerprint density at radius 3 is 2.38 bits per heavy atom. The van der Waals surface area contributed by atoms with Crippen LogP contribution in [0.3, 0.4) is 0 Å². The van der Waals surface area contributed by atoms with Crippen molar-refractivity contribution in [1.82, 2.24) is 9.80 Å². The zero-order chi connectivity index (χ0) is 26.9. The third-order valence-electron chi connectivity index (χ3n) is 7.57. The van der Waals surface area contributed by atoms with Crippen LogP contribution in [0.1, 0.15) is 76.3 Å². The van der Waals surface area contributed by atoms with Crippen molar-refractivity contribution in [2.24, 2.45) is 0 Å². The summed E-state index contributed by atoms with van der Waals surface area (Å²) in [6.07, 6.45) is 1.57. The highest BCUT2D eigenvalue weighted by molar-refractivity contribution is 6.46. The molecule has 2 aromatic rings. The summed E-state index contributed by atoms with van der Waals surface area (Å²) < 4.78 is 5.80. The quantitative estimate of drug-likeness (QED) is 0.294. The Morgan fingerprint density at radius 2 is 1.76 bits per heavy atom. The van der Waals surface area contributed by atoms with Gasteiger partial charge in [-0.3, -0.25) is 9.59 Å². The molecule has 2 aliphatic rings. The average molecular weight is 505 g/mol. The van der Waals surface area contributed by atoms with E-state index >= 15 is 0 Å². The van der Waals surface area contributed by atoms with Crippen LogP contribution in [0, 0.1) is 0 Å². The van der Waals surface area contributed by atoms with Crippen molar-refractivity contribution in [3.63, 3.8) is 0 Å². The Balaban J connectivity index is 1.75. The van der Waals surface area contributed by atoms with Crippen molar-refractivity contribution in [2.45, 2.75) is 71.9 Å². The molecule has 4 rings (SSSR count). The predicted octanol–water partition coefficient (Wildman–Crippen LogP) is 5.46. The number of hydrogen-bond acceptors (Lipinski definition) is 5. The number of aliphatic hydroxyl groups is 1. The highest BCUT2D eigenvalue weighted by Crippen LogP contribution is 2.41. The smallest absolute Gasteiger partial charge is 0.295 e. The number of rotatable bonds is 8. The summed E-state index contributed by atoms with van der Waals surface area (Å²) in [6.45, 7) is 15.9. The molecule has 6 nitrogen and oxygen atoms in total. The number of amides is 1. The molecule has 0 aromatic heterocycles. The lowest BCUT2D eigenvalue weighted by Crippen LogP contribution is -2.33. The van der Waals surface area contributed by atoms with E-state index in [9.17, 15) is 14.7 Å². The Bertz CT molecular complexity index is 1190. The first kappa shape index (κ1) is 26.9. The molecule has 0 unspecified atom stereocenters. The maximum atomic E-state index is 13.4. The number of benzene rings is 2. The monoisotopic (exact) mass is 504 g/mol. The van der Waals surface area contributed by atoms with Gasteiger partial charge >= 0.3 is 0 Å². The van der Waals surface area contributed by atoms with E-state index in [0.29, 0.717) is 12.1 Å². The Hall–Kier alpha value is -3.12. The number of nitrogens with zero attached hydrogens (tertiary/aromatic N) is 2. The zero-order valence-electron chi connectivity index (χ0n) is 23.0. The fraction of sp³-hybridized carbons (Fsp3) is 0.484. The highest BCUT2D eigenvalue weighted by atomic mass is 16.5. The van der Waals surface area contributed by atoms with Crippen LogP contribution in [-0.4, -0.2) is 58.9 Å². The topological polar surface area (TPSA) is 70.1 Å². The van der Waals surface area contributed by atoms with Gasteiger partial charge in [0.15, 0.2) is 0 Å². The number of carbonyl (C=O) groups excluding carboxylic acids is 2. The number of ether oxygens (including phenoxy) is 1. The summed E-state index contributed by atoms with van der Waals surface area (Å²) in [4.78, 5) is 30.6. The fourth-order valence-corrected chi connectivity index (χ4v) is 5.35. The van der Waals surface area contributed by atoms with Crippen molar-refractivity contribution in [3.8, 4) is 5.75 Å². The third kappa shape index (κ3) is 5.45. The molecular formula is C31H40N2O4. The van der Waals surface area contributed by atoms with Crippen LogP contribution in [0.2, 0.25) is 0 Å². The number of likely N-dealkylation sites (tertiary alicyclic amines) is 1. The second-order valence-corrected chi connectivity index (χ2v) is 11.2. The molecule has 2 atom stereocenters. The largest absolute Gasteiger partial charge is 0.507 e. The van der Waals surface area contributed by atoms with Crippen molar-refractivity contribution in [3.05, 3.63) is 70.3 Å². The van der Waals surface area contributed by atoms with Gasteiger partial charge in [-0.25, -0.2) is 0 Å². The standard InChI is InChI=1S/C31H40N2O4/c1-7-32(8-2)16-9-17-33-27(21-10-13-24(14-11-21)31(4,5)6)26(29(35)30(33)36)28(34)22-12-15-25-23(19-22)18-20(3)37-25/h10-15,19-20,27,34H,7-9,16-18H2,1-6H3/b28-26+/t20-,27-/m0/s1. The number of fused-ring (bicyclic) bond motifs is 1. The van der Waals surface area contributed by atoms with Gasteiger partial charge in [0.1, 0.15) is 17.6 Å². The Kier molecular flexibility index (Phi) is 7.79. The number of aliphatic hydroxyl groups excluding tert-OH is 1. The first-order chi connectivity index (χ1) is 17.5. The summed E-state index contributed by atoms with van der Waals surface area (Å²) in [5.41, 5.74) is 3.67. The molecule has 2 heterocycles. The van der Waals surface area contributed by atoms with Crippen LogP contribution >= 0.6 is 0 Å². The lowest BCUT2D eigenvalue weighted by molar-refractivity contribution is -0.140. The number of hydrogen-bond donors (Lipinski definition) is 1. The Labute approximate surface area is 220 Å². The van der Waals surface area contributed by atoms with E-state index in [2.05, 4.69) is 51.7 Å². The van der Waals surface area contributed by atoms with Gasteiger partial charge in [-0.05, 0) is 73.3 Å². The minimum Gasteiger partial charge on any atom is -0.507 e. The van der Waals surface area contributed by atoms with Crippen LogP contribution in [0.15, 0.2) is 48.0 Å².